The van der Waals surface area contributed by atoms with Gasteiger partial charge in [-0.3, -0.25) is 9.59 Å². The lowest BCUT2D eigenvalue weighted by molar-refractivity contribution is -0.144. The highest BCUT2D eigenvalue weighted by Crippen LogP contribution is 2.37. The number of carbonyl (C=O) groups excluding carboxylic acids is 1. The van der Waals surface area contributed by atoms with Crippen LogP contribution in [0.25, 0.3) is 0 Å². The standard InChI is InChI=1S/C19H28N2O7/c1-19(2,3)28-18(25)21-7-6-12(14(9-21)17(23)24)13-8-16(22)20(4)10-15(13)27-11-26-5/h8,10,12,14H,6-7,9,11H2,1-5H3,(H,23,24). The summed E-state index contributed by atoms with van der Waals surface area (Å²) in [6.07, 6.45) is 1.35. The summed E-state index contributed by atoms with van der Waals surface area (Å²) in [4.78, 5) is 37.8. The lowest BCUT2D eigenvalue weighted by atomic mass is 9.80. The summed E-state index contributed by atoms with van der Waals surface area (Å²) in [7, 11) is 3.06. The van der Waals surface area contributed by atoms with Gasteiger partial charge in [0, 0.05) is 51.0 Å². The molecule has 0 bridgehead atoms. The Morgan fingerprint density at radius 2 is 2.00 bits per heavy atom. The highest BCUT2D eigenvalue weighted by molar-refractivity contribution is 5.75. The molecule has 0 saturated carbocycles. The summed E-state index contributed by atoms with van der Waals surface area (Å²) in [6.45, 7) is 5.55. The van der Waals surface area contributed by atoms with Crippen LogP contribution in [-0.4, -0.2) is 59.2 Å². The van der Waals surface area contributed by atoms with Crippen LogP contribution in [0.1, 0.15) is 38.7 Å². The lowest BCUT2D eigenvalue weighted by Gasteiger charge is -2.37. The number of carbonyl (C=O) groups is 2. The first kappa shape index (κ1) is 21.7. The summed E-state index contributed by atoms with van der Waals surface area (Å²) in [5.41, 5.74) is -0.422. The van der Waals surface area contributed by atoms with Gasteiger partial charge in [0.05, 0.1) is 5.92 Å². The van der Waals surface area contributed by atoms with Crippen LogP contribution in [0, 0.1) is 5.92 Å². The number of aromatic nitrogens is 1. The number of piperidine rings is 1. The van der Waals surface area contributed by atoms with Crippen LogP contribution in [-0.2, 0) is 21.3 Å². The molecule has 0 aromatic carbocycles. The van der Waals surface area contributed by atoms with E-state index in [0.29, 0.717) is 24.3 Å². The van der Waals surface area contributed by atoms with Crippen LogP contribution >= 0.6 is 0 Å². The van der Waals surface area contributed by atoms with Crippen molar-refractivity contribution in [3.8, 4) is 5.75 Å². The lowest BCUT2D eigenvalue weighted by Crippen LogP contribution is -2.47. The molecule has 1 fully saturated rings. The van der Waals surface area contributed by atoms with E-state index in [9.17, 15) is 19.5 Å². The number of aryl methyl sites for hydroxylation is 1. The first-order valence-corrected chi connectivity index (χ1v) is 9.06. The van der Waals surface area contributed by atoms with Crippen molar-refractivity contribution in [3.05, 3.63) is 28.2 Å². The van der Waals surface area contributed by atoms with Gasteiger partial charge in [-0.05, 0) is 27.2 Å². The third-order valence-corrected chi connectivity index (χ3v) is 4.54. The van der Waals surface area contributed by atoms with E-state index < -0.39 is 29.5 Å². The molecule has 2 unspecified atom stereocenters. The maximum atomic E-state index is 12.3. The molecule has 1 aromatic rings. The molecule has 2 heterocycles. The van der Waals surface area contributed by atoms with E-state index in [1.807, 2.05) is 0 Å². The van der Waals surface area contributed by atoms with Crippen molar-refractivity contribution >= 4 is 12.1 Å². The molecular formula is C19H28N2O7. The zero-order valence-corrected chi connectivity index (χ0v) is 16.9. The number of ether oxygens (including phenoxy) is 3. The van der Waals surface area contributed by atoms with Crippen LogP contribution < -0.4 is 10.3 Å². The Morgan fingerprint density at radius 1 is 1.32 bits per heavy atom. The summed E-state index contributed by atoms with van der Waals surface area (Å²) in [6, 6.07) is 1.40. The average molecular weight is 396 g/mol. The minimum Gasteiger partial charge on any atom is -0.481 e. The third kappa shape index (κ3) is 5.25. The Balaban J connectivity index is 2.31. The number of hydrogen-bond acceptors (Lipinski definition) is 6. The second-order valence-corrected chi connectivity index (χ2v) is 7.86. The largest absolute Gasteiger partial charge is 0.481 e. The molecule has 1 aliphatic heterocycles. The number of pyridine rings is 1. The first-order valence-electron chi connectivity index (χ1n) is 9.06. The molecule has 2 atom stereocenters. The van der Waals surface area contributed by atoms with E-state index in [4.69, 9.17) is 14.2 Å². The van der Waals surface area contributed by atoms with Crippen molar-refractivity contribution in [1.82, 2.24) is 9.47 Å². The summed E-state index contributed by atoms with van der Waals surface area (Å²) in [5.74, 6) is -2.02. The Bertz CT molecular complexity index is 781. The number of methoxy groups -OCH3 is 1. The van der Waals surface area contributed by atoms with Gasteiger partial charge in [-0.25, -0.2) is 4.79 Å². The van der Waals surface area contributed by atoms with Crippen LogP contribution in [0.2, 0.25) is 0 Å². The molecule has 0 aliphatic carbocycles. The van der Waals surface area contributed by atoms with Gasteiger partial charge in [-0.15, -0.1) is 0 Å². The normalized spacial score (nSPS) is 20.0. The van der Waals surface area contributed by atoms with Crippen LogP contribution in [0.3, 0.4) is 0 Å². The van der Waals surface area contributed by atoms with Gasteiger partial charge in [-0.2, -0.15) is 0 Å². The first-order chi connectivity index (χ1) is 13.0. The predicted molar refractivity (Wildman–Crippen MR) is 100 cm³/mol. The smallest absolute Gasteiger partial charge is 0.410 e. The highest BCUT2D eigenvalue weighted by Gasteiger charge is 2.39. The maximum absolute atomic E-state index is 12.3. The molecular weight excluding hydrogens is 368 g/mol. The number of carboxylic acid groups (broad SMARTS) is 1. The third-order valence-electron chi connectivity index (χ3n) is 4.54. The van der Waals surface area contributed by atoms with Gasteiger partial charge < -0.3 is 28.8 Å². The summed E-state index contributed by atoms with van der Waals surface area (Å²) in [5, 5.41) is 9.77. The molecule has 0 spiro atoms. The molecule has 0 radical (unpaired) electrons. The van der Waals surface area contributed by atoms with Gasteiger partial charge in [0.25, 0.3) is 5.56 Å². The van der Waals surface area contributed by atoms with Crippen molar-refractivity contribution in [2.45, 2.75) is 38.7 Å². The van der Waals surface area contributed by atoms with Crippen molar-refractivity contribution in [1.29, 1.82) is 0 Å². The molecule has 1 saturated heterocycles. The van der Waals surface area contributed by atoms with Crippen molar-refractivity contribution < 1.29 is 28.9 Å². The predicted octanol–water partition coefficient (Wildman–Crippen LogP) is 1.79. The number of carboxylic acids is 1. The maximum Gasteiger partial charge on any atom is 0.410 e. The van der Waals surface area contributed by atoms with Crippen molar-refractivity contribution in [2.24, 2.45) is 13.0 Å². The fourth-order valence-corrected chi connectivity index (χ4v) is 3.22. The zero-order valence-electron chi connectivity index (χ0n) is 16.9. The second-order valence-electron chi connectivity index (χ2n) is 7.86. The monoisotopic (exact) mass is 396 g/mol. The van der Waals surface area contributed by atoms with Gasteiger partial charge in [0.2, 0.25) is 0 Å². The molecule has 9 nitrogen and oxygen atoms in total. The quantitative estimate of drug-likeness (QED) is 0.756. The number of nitrogens with zero attached hydrogens (tertiary/aromatic N) is 2. The zero-order chi connectivity index (χ0) is 21.1. The van der Waals surface area contributed by atoms with Crippen molar-refractivity contribution in [2.75, 3.05) is 27.0 Å². The minimum absolute atomic E-state index is 0.00611. The molecule has 156 valence electrons. The number of aliphatic carboxylic acids is 1. The molecule has 1 aromatic heterocycles. The fourth-order valence-electron chi connectivity index (χ4n) is 3.22. The minimum atomic E-state index is -1.04. The Labute approximate surface area is 163 Å². The van der Waals surface area contributed by atoms with E-state index in [1.165, 1.54) is 28.8 Å². The van der Waals surface area contributed by atoms with Gasteiger partial charge >= 0.3 is 12.1 Å². The summed E-state index contributed by atoms with van der Waals surface area (Å²) < 4.78 is 17.2. The SMILES string of the molecule is COCOc1cn(C)c(=O)cc1C1CCN(C(=O)OC(C)(C)C)CC1C(=O)O. The fraction of sp³-hybridized carbons (Fsp3) is 0.632. The topological polar surface area (TPSA) is 107 Å². The number of amides is 1. The number of rotatable bonds is 5. The Hall–Kier alpha value is -2.55. The molecule has 9 heteroatoms. The Kier molecular flexibility index (Phi) is 6.71. The van der Waals surface area contributed by atoms with E-state index in [2.05, 4.69) is 0 Å². The average Bonchev–Trinajstić information content (AvgIpc) is 2.60. The van der Waals surface area contributed by atoms with Gasteiger partial charge in [0.1, 0.15) is 11.4 Å². The molecule has 28 heavy (non-hydrogen) atoms. The summed E-state index contributed by atoms with van der Waals surface area (Å²) >= 11 is 0. The van der Waals surface area contributed by atoms with Crippen molar-refractivity contribution in [3.63, 3.8) is 0 Å². The van der Waals surface area contributed by atoms with Crippen LogP contribution in [0.5, 0.6) is 5.75 Å². The van der Waals surface area contributed by atoms with Crippen LogP contribution in [0.4, 0.5) is 4.79 Å². The van der Waals surface area contributed by atoms with Gasteiger partial charge in [-0.1, -0.05) is 0 Å². The highest BCUT2D eigenvalue weighted by atomic mass is 16.7. The molecule has 1 amide bonds. The van der Waals surface area contributed by atoms with E-state index >= 15 is 0 Å². The number of hydrogen-bond donors (Lipinski definition) is 1. The van der Waals surface area contributed by atoms with Gasteiger partial charge in [0.15, 0.2) is 6.79 Å². The van der Waals surface area contributed by atoms with E-state index in [-0.39, 0.29) is 18.9 Å². The molecule has 2 rings (SSSR count). The molecule has 1 aliphatic rings. The van der Waals surface area contributed by atoms with E-state index in [1.54, 1.807) is 27.8 Å². The Morgan fingerprint density at radius 3 is 2.57 bits per heavy atom. The molecule has 1 N–H and O–H groups in total. The van der Waals surface area contributed by atoms with E-state index in [0.717, 1.165) is 0 Å². The number of likely N-dealkylation sites (tertiary alicyclic amines) is 1. The van der Waals surface area contributed by atoms with Crippen LogP contribution in [0.15, 0.2) is 17.1 Å². The second kappa shape index (κ2) is 8.64.